The Kier molecular flexibility index (Phi) is 5.52. The molecule has 1 saturated heterocycles. The zero-order valence-corrected chi connectivity index (χ0v) is 16.9. The van der Waals surface area contributed by atoms with Crippen molar-refractivity contribution >= 4 is 39.7 Å². The van der Waals surface area contributed by atoms with E-state index in [-0.39, 0.29) is 12.6 Å². The fraction of sp³-hybridized carbons (Fsp3) is 0.318. The number of rotatable bonds is 5. The fourth-order valence-electron chi connectivity index (χ4n) is 3.78. The van der Waals surface area contributed by atoms with E-state index >= 15 is 0 Å². The van der Waals surface area contributed by atoms with Crippen molar-refractivity contribution in [1.29, 1.82) is 0 Å². The maximum Gasteiger partial charge on any atom is 0.188 e. The number of hydrogen-bond acceptors (Lipinski definition) is 5. The molecule has 3 aromatic rings. The largest absolute Gasteiger partial charge is 0.394 e. The number of aryl methyl sites for hydroxylation is 1. The minimum Gasteiger partial charge on any atom is -0.394 e. The van der Waals surface area contributed by atoms with Crippen molar-refractivity contribution in [2.75, 3.05) is 23.4 Å². The number of nitrogens with zero attached hydrogens (tertiary/aromatic N) is 4. The van der Waals surface area contributed by atoms with Crippen LogP contribution in [0.2, 0.25) is 5.02 Å². The van der Waals surface area contributed by atoms with E-state index in [4.69, 9.17) is 18.2 Å². The lowest BCUT2D eigenvalue weighted by Gasteiger charge is -2.25. The minimum absolute atomic E-state index is 0.0570. The van der Waals surface area contributed by atoms with Gasteiger partial charge >= 0.3 is 0 Å². The van der Waals surface area contributed by atoms with Crippen LogP contribution in [0.25, 0.3) is 15.6 Å². The number of benzene rings is 2. The summed E-state index contributed by atoms with van der Waals surface area (Å²) in [4.78, 5) is 5.68. The van der Waals surface area contributed by atoms with E-state index < -0.39 is 0 Å². The van der Waals surface area contributed by atoms with Crippen LogP contribution in [0.5, 0.6) is 0 Å². The molecule has 6 nitrogen and oxygen atoms in total. The maximum atomic E-state index is 9.71. The predicted octanol–water partition coefficient (Wildman–Crippen LogP) is 4.72. The Morgan fingerprint density at radius 2 is 2.10 bits per heavy atom. The Hall–Kier alpha value is -2.88. The highest BCUT2D eigenvalue weighted by atomic mass is 35.5. The van der Waals surface area contributed by atoms with Gasteiger partial charge in [0, 0.05) is 28.9 Å². The van der Waals surface area contributed by atoms with Gasteiger partial charge in [0.15, 0.2) is 17.3 Å². The third-order valence-electron chi connectivity index (χ3n) is 5.43. The summed E-state index contributed by atoms with van der Waals surface area (Å²) in [6.07, 6.45) is 1.96. The Morgan fingerprint density at radius 1 is 1.24 bits per heavy atom. The molecule has 148 valence electrons. The smallest absolute Gasteiger partial charge is 0.188 e. The van der Waals surface area contributed by atoms with Gasteiger partial charge in [0.1, 0.15) is 0 Å². The van der Waals surface area contributed by atoms with Crippen LogP contribution in [0.15, 0.2) is 36.4 Å². The molecule has 1 aromatic heterocycles. The number of fused-ring (bicyclic) bond motifs is 1. The van der Waals surface area contributed by atoms with Crippen LogP contribution in [-0.2, 0) is 6.54 Å². The molecule has 1 fully saturated rings. The molecule has 0 amide bonds. The minimum atomic E-state index is 0.0570. The fourth-order valence-corrected chi connectivity index (χ4v) is 3.98. The average Bonchev–Trinajstić information content (AvgIpc) is 3.22. The van der Waals surface area contributed by atoms with Gasteiger partial charge in [-0.05, 0) is 43.0 Å². The lowest BCUT2D eigenvalue weighted by molar-refractivity contribution is 0.266. The summed E-state index contributed by atoms with van der Waals surface area (Å²) < 4.78 is 0. The zero-order chi connectivity index (χ0) is 20.4. The summed E-state index contributed by atoms with van der Waals surface area (Å²) in [7, 11) is 0. The second-order valence-electron chi connectivity index (χ2n) is 7.32. The van der Waals surface area contributed by atoms with Crippen molar-refractivity contribution in [2.24, 2.45) is 0 Å². The molecule has 4 rings (SSSR count). The molecule has 2 heterocycles. The number of halogens is 1. The Balaban J connectivity index is 1.71. The van der Waals surface area contributed by atoms with E-state index in [9.17, 15) is 5.11 Å². The zero-order valence-electron chi connectivity index (χ0n) is 16.2. The van der Waals surface area contributed by atoms with E-state index in [1.165, 1.54) is 0 Å². The van der Waals surface area contributed by atoms with Crippen LogP contribution in [0.3, 0.4) is 0 Å². The highest BCUT2D eigenvalue weighted by molar-refractivity contribution is 6.31. The van der Waals surface area contributed by atoms with Crippen molar-refractivity contribution < 1.29 is 5.11 Å². The summed E-state index contributed by atoms with van der Waals surface area (Å²) in [5.74, 6) is 1.39. The highest BCUT2D eigenvalue weighted by Crippen LogP contribution is 2.35. The first-order valence-electron chi connectivity index (χ1n) is 9.65. The van der Waals surface area contributed by atoms with Crippen LogP contribution in [0.4, 0.5) is 17.3 Å². The number of anilines is 2. The normalized spacial score (nSPS) is 16.2. The monoisotopic (exact) mass is 407 g/mol. The van der Waals surface area contributed by atoms with Gasteiger partial charge in [-0.2, -0.15) is 0 Å². The molecular formula is C22H22ClN5O. The van der Waals surface area contributed by atoms with E-state index in [1.54, 1.807) is 6.07 Å². The van der Waals surface area contributed by atoms with Crippen molar-refractivity contribution in [3.05, 3.63) is 64.0 Å². The van der Waals surface area contributed by atoms with E-state index in [2.05, 4.69) is 25.3 Å². The molecule has 0 radical (unpaired) electrons. The van der Waals surface area contributed by atoms with Gasteiger partial charge in [-0.25, -0.2) is 4.85 Å². The summed E-state index contributed by atoms with van der Waals surface area (Å²) in [6.45, 7) is 10.8. The molecule has 7 heteroatoms. The third-order valence-corrected chi connectivity index (χ3v) is 5.84. The number of aromatic nitrogens is 2. The van der Waals surface area contributed by atoms with Gasteiger partial charge in [0.2, 0.25) is 0 Å². The molecule has 0 bridgehead atoms. The van der Waals surface area contributed by atoms with Gasteiger partial charge < -0.3 is 15.3 Å². The van der Waals surface area contributed by atoms with Crippen LogP contribution in [0.1, 0.15) is 24.0 Å². The molecule has 0 spiro atoms. The molecule has 1 atom stereocenters. The number of hydrogen-bond donors (Lipinski definition) is 2. The van der Waals surface area contributed by atoms with Gasteiger partial charge in [-0.15, -0.1) is 10.2 Å². The molecule has 1 aliphatic heterocycles. The molecule has 1 unspecified atom stereocenters. The first-order chi connectivity index (χ1) is 14.1. The summed E-state index contributed by atoms with van der Waals surface area (Å²) in [6, 6.07) is 11.6. The Labute approximate surface area is 175 Å². The number of aliphatic hydroxyl groups excluding tert-OH is 1. The third kappa shape index (κ3) is 3.84. The summed E-state index contributed by atoms with van der Waals surface area (Å²) >= 11 is 6.24. The molecule has 29 heavy (non-hydrogen) atoms. The van der Waals surface area contributed by atoms with E-state index in [0.29, 0.717) is 18.1 Å². The lowest BCUT2D eigenvalue weighted by atomic mass is 10.1. The molecule has 2 N–H and O–H groups in total. The standard InChI is InChI=1S/C22H22ClN5O/c1-14-5-6-15(10-20(14)23)12-25-21-19-11-16(24-2)7-8-18(19)22(27-26-21)28-9-3-4-17(28)13-29/h5-8,10-11,17,29H,3-4,9,12-13H2,1H3,(H,25,26). The van der Waals surface area contributed by atoms with Gasteiger partial charge in [-0.3, -0.25) is 0 Å². The Bertz CT molecular complexity index is 1090. The molecule has 2 aromatic carbocycles. The predicted molar refractivity (Wildman–Crippen MR) is 117 cm³/mol. The van der Waals surface area contributed by atoms with Gasteiger partial charge in [0.05, 0.1) is 19.2 Å². The molecule has 1 aliphatic rings. The van der Waals surface area contributed by atoms with Crippen LogP contribution in [-0.4, -0.2) is 34.5 Å². The van der Waals surface area contributed by atoms with E-state index in [0.717, 1.165) is 52.1 Å². The van der Waals surface area contributed by atoms with Crippen molar-refractivity contribution in [2.45, 2.75) is 32.4 Å². The summed E-state index contributed by atoms with van der Waals surface area (Å²) in [5.41, 5.74) is 2.63. The van der Waals surface area contributed by atoms with Gasteiger partial charge in [0.25, 0.3) is 0 Å². The molecule has 0 aliphatic carbocycles. The van der Waals surface area contributed by atoms with Crippen molar-refractivity contribution in [3.8, 4) is 0 Å². The van der Waals surface area contributed by atoms with Crippen molar-refractivity contribution in [1.82, 2.24) is 10.2 Å². The van der Waals surface area contributed by atoms with Crippen LogP contribution < -0.4 is 10.2 Å². The van der Waals surface area contributed by atoms with Crippen LogP contribution in [0, 0.1) is 13.5 Å². The average molecular weight is 408 g/mol. The van der Waals surface area contributed by atoms with Crippen molar-refractivity contribution in [3.63, 3.8) is 0 Å². The second kappa shape index (κ2) is 8.24. The molecule has 0 saturated carbocycles. The number of aliphatic hydroxyl groups is 1. The lowest BCUT2D eigenvalue weighted by Crippen LogP contribution is -2.33. The SMILES string of the molecule is [C-]#[N+]c1ccc2c(N3CCCC3CO)nnc(NCc3ccc(C)c(Cl)c3)c2c1. The second-order valence-corrected chi connectivity index (χ2v) is 7.73. The first kappa shape index (κ1) is 19.4. The highest BCUT2D eigenvalue weighted by Gasteiger charge is 2.27. The first-order valence-corrected chi connectivity index (χ1v) is 10.0. The summed E-state index contributed by atoms with van der Waals surface area (Å²) in [5, 5.41) is 24.5. The topological polar surface area (TPSA) is 65.6 Å². The Morgan fingerprint density at radius 3 is 2.86 bits per heavy atom. The quantitative estimate of drug-likeness (QED) is 0.599. The number of nitrogens with one attached hydrogen (secondary N) is 1. The molecular weight excluding hydrogens is 386 g/mol. The van der Waals surface area contributed by atoms with E-state index in [1.807, 2.05) is 37.3 Å². The van der Waals surface area contributed by atoms with Crippen LogP contribution >= 0.6 is 11.6 Å². The van der Waals surface area contributed by atoms with Gasteiger partial charge in [-0.1, -0.05) is 35.9 Å². The maximum absolute atomic E-state index is 9.71.